The van der Waals surface area contributed by atoms with Crippen molar-refractivity contribution in [2.24, 2.45) is 0 Å². The van der Waals surface area contributed by atoms with Crippen molar-refractivity contribution in [1.29, 1.82) is 0 Å². The van der Waals surface area contributed by atoms with Gasteiger partial charge in [-0.15, -0.1) is 0 Å². The van der Waals surface area contributed by atoms with Crippen LogP contribution in [0.1, 0.15) is 43.7 Å². The summed E-state index contributed by atoms with van der Waals surface area (Å²) in [7, 11) is 8.00. The highest BCUT2D eigenvalue weighted by atomic mass is 16.2. The van der Waals surface area contributed by atoms with Crippen LogP contribution < -0.4 is 20.4 Å². The van der Waals surface area contributed by atoms with Gasteiger partial charge in [-0.3, -0.25) is 0 Å². The van der Waals surface area contributed by atoms with Gasteiger partial charge in [-0.2, -0.15) is 0 Å². The molecule has 1 fully saturated rings. The van der Waals surface area contributed by atoms with Gasteiger partial charge in [0, 0.05) is 75.6 Å². The molecule has 0 spiro atoms. The Bertz CT molecular complexity index is 1580. The third kappa shape index (κ3) is 8.64. The SMILES string of the molecule is CN(C)c1ccc(NC(=O)N(Cc2ccccc2)C2CCC(C)(N(Cc3ccccc3)C(=O)Nc3ccc(N(C)C)cc3)CC2)cc1. The number of carbonyl (C=O) groups excluding carboxylic acids is 2. The fraction of sp³-hybridized carbons (Fsp3) is 0.333. The van der Waals surface area contributed by atoms with E-state index in [1.165, 1.54) is 0 Å². The van der Waals surface area contributed by atoms with Crippen LogP contribution >= 0.6 is 0 Å². The van der Waals surface area contributed by atoms with Crippen molar-refractivity contribution in [1.82, 2.24) is 9.80 Å². The van der Waals surface area contributed by atoms with Gasteiger partial charge in [-0.1, -0.05) is 60.7 Å². The predicted molar refractivity (Wildman–Crippen MR) is 194 cm³/mol. The highest BCUT2D eigenvalue weighted by molar-refractivity contribution is 5.91. The molecule has 0 aromatic heterocycles. The van der Waals surface area contributed by atoms with E-state index in [0.717, 1.165) is 59.6 Å². The third-order valence-electron chi connectivity index (χ3n) is 9.28. The number of carbonyl (C=O) groups is 2. The zero-order chi connectivity index (χ0) is 33.4. The van der Waals surface area contributed by atoms with E-state index in [-0.39, 0.29) is 18.1 Å². The van der Waals surface area contributed by atoms with Crippen LogP contribution in [0.25, 0.3) is 0 Å². The summed E-state index contributed by atoms with van der Waals surface area (Å²) >= 11 is 0. The molecule has 8 nitrogen and oxygen atoms in total. The van der Waals surface area contributed by atoms with Gasteiger partial charge in [0.15, 0.2) is 0 Å². The molecule has 0 heterocycles. The van der Waals surface area contributed by atoms with Gasteiger partial charge in [-0.05, 0) is 92.3 Å². The largest absolute Gasteiger partial charge is 0.378 e. The van der Waals surface area contributed by atoms with Gasteiger partial charge in [0.05, 0.1) is 0 Å². The summed E-state index contributed by atoms with van der Waals surface area (Å²) < 4.78 is 0. The van der Waals surface area contributed by atoms with Crippen molar-refractivity contribution in [3.05, 3.63) is 120 Å². The minimum atomic E-state index is -0.392. The van der Waals surface area contributed by atoms with Crippen LogP contribution in [-0.4, -0.2) is 61.6 Å². The lowest BCUT2D eigenvalue weighted by Crippen LogP contribution is -2.55. The molecule has 1 aliphatic rings. The maximum Gasteiger partial charge on any atom is 0.322 e. The van der Waals surface area contributed by atoms with Crippen molar-refractivity contribution in [3.8, 4) is 0 Å². The molecule has 47 heavy (non-hydrogen) atoms. The van der Waals surface area contributed by atoms with Crippen molar-refractivity contribution in [2.75, 3.05) is 48.6 Å². The number of urea groups is 2. The van der Waals surface area contributed by atoms with Crippen LogP contribution in [0.2, 0.25) is 0 Å². The van der Waals surface area contributed by atoms with Gasteiger partial charge >= 0.3 is 12.1 Å². The second-order valence-electron chi connectivity index (χ2n) is 13.2. The molecule has 4 aromatic rings. The molecule has 0 unspecified atom stereocenters. The molecule has 0 saturated heterocycles. The second-order valence-corrected chi connectivity index (χ2v) is 13.2. The summed E-state index contributed by atoms with van der Waals surface area (Å²) in [5, 5.41) is 6.31. The molecular formula is C39H48N6O2. The summed E-state index contributed by atoms with van der Waals surface area (Å²) in [6.07, 6.45) is 3.11. The van der Waals surface area contributed by atoms with Crippen LogP contribution in [0, 0.1) is 0 Å². The van der Waals surface area contributed by atoms with Gasteiger partial charge in [0.2, 0.25) is 0 Å². The monoisotopic (exact) mass is 632 g/mol. The van der Waals surface area contributed by atoms with E-state index in [1.54, 1.807) is 0 Å². The molecular weight excluding hydrogens is 584 g/mol. The van der Waals surface area contributed by atoms with Crippen LogP contribution in [0.5, 0.6) is 0 Å². The molecule has 8 heteroatoms. The Morgan fingerprint density at radius 3 is 1.49 bits per heavy atom. The van der Waals surface area contributed by atoms with Gasteiger partial charge in [0.25, 0.3) is 0 Å². The quantitative estimate of drug-likeness (QED) is 0.185. The molecule has 4 amide bonds. The average molecular weight is 633 g/mol. The molecule has 0 atom stereocenters. The molecule has 2 N–H and O–H groups in total. The number of nitrogens with zero attached hydrogens (tertiary/aromatic N) is 4. The van der Waals surface area contributed by atoms with Gasteiger partial charge in [-0.25, -0.2) is 9.59 Å². The summed E-state index contributed by atoms with van der Waals surface area (Å²) in [4.78, 5) is 35.9. The van der Waals surface area contributed by atoms with Crippen LogP contribution in [0.15, 0.2) is 109 Å². The average Bonchev–Trinajstić information content (AvgIpc) is 3.08. The Balaban J connectivity index is 1.34. The Morgan fingerprint density at radius 2 is 1.04 bits per heavy atom. The van der Waals surface area contributed by atoms with Crippen molar-refractivity contribution in [2.45, 2.75) is 57.3 Å². The Kier molecular flexibility index (Phi) is 10.7. The lowest BCUT2D eigenvalue weighted by molar-refractivity contribution is 0.0624. The first-order valence-corrected chi connectivity index (χ1v) is 16.4. The molecule has 0 radical (unpaired) electrons. The minimum Gasteiger partial charge on any atom is -0.378 e. The Hall–Kier alpha value is -4.98. The number of nitrogens with one attached hydrogen (secondary N) is 2. The molecule has 1 aliphatic carbocycles. The molecule has 1 saturated carbocycles. The Morgan fingerprint density at radius 1 is 0.617 bits per heavy atom. The molecule has 0 bridgehead atoms. The zero-order valence-corrected chi connectivity index (χ0v) is 28.3. The fourth-order valence-corrected chi connectivity index (χ4v) is 6.30. The lowest BCUT2D eigenvalue weighted by Gasteiger charge is -2.47. The first kappa shape index (κ1) is 33.4. The van der Waals surface area contributed by atoms with Gasteiger partial charge in [0.1, 0.15) is 0 Å². The lowest BCUT2D eigenvalue weighted by atomic mass is 9.78. The zero-order valence-electron chi connectivity index (χ0n) is 28.3. The topological polar surface area (TPSA) is 71.2 Å². The van der Waals surface area contributed by atoms with E-state index in [9.17, 15) is 9.59 Å². The van der Waals surface area contributed by atoms with Crippen LogP contribution in [0.4, 0.5) is 32.3 Å². The number of hydrogen-bond acceptors (Lipinski definition) is 4. The number of amides is 4. The van der Waals surface area contributed by atoms with Crippen LogP contribution in [-0.2, 0) is 13.1 Å². The maximum absolute atomic E-state index is 14.0. The number of rotatable bonds is 10. The van der Waals surface area contributed by atoms with E-state index in [4.69, 9.17) is 0 Å². The first-order chi connectivity index (χ1) is 22.6. The van der Waals surface area contributed by atoms with Crippen LogP contribution in [0.3, 0.4) is 0 Å². The normalized spacial score (nSPS) is 17.3. The Labute approximate surface area is 280 Å². The fourth-order valence-electron chi connectivity index (χ4n) is 6.30. The predicted octanol–water partition coefficient (Wildman–Crippen LogP) is 8.29. The molecule has 5 rings (SSSR count). The van der Waals surface area contributed by atoms with E-state index < -0.39 is 5.54 Å². The van der Waals surface area contributed by atoms with Crippen molar-refractivity contribution in [3.63, 3.8) is 0 Å². The van der Waals surface area contributed by atoms with Crippen molar-refractivity contribution >= 4 is 34.8 Å². The number of anilines is 4. The highest BCUT2D eigenvalue weighted by Crippen LogP contribution is 2.37. The third-order valence-corrected chi connectivity index (χ3v) is 9.28. The van der Waals surface area contributed by atoms with Gasteiger partial charge < -0.3 is 30.2 Å². The summed E-state index contributed by atoms with van der Waals surface area (Å²) in [6.45, 7) is 3.20. The number of hydrogen-bond donors (Lipinski definition) is 2. The standard InChI is InChI=1S/C39H48N6O2/c1-39(45(29-31-14-10-7-11-15-31)38(47)41-33-18-22-35(23-19-33)43(4)5)26-24-36(25-27-39)44(28-30-12-8-6-9-13-30)37(46)40-32-16-20-34(21-17-32)42(2)3/h6-23,36H,24-29H2,1-5H3,(H,40,46)(H,41,47). The van der Waals surface area contributed by atoms with E-state index in [2.05, 4.69) is 41.8 Å². The molecule has 246 valence electrons. The van der Waals surface area contributed by atoms with Crippen molar-refractivity contribution < 1.29 is 9.59 Å². The van der Waals surface area contributed by atoms with E-state index in [0.29, 0.717) is 13.1 Å². The first-order valence-electron chi connectivity index (χ1n) is 16.4. The highest BCUT2D eigenvalue weighted by Gasteiger charge is 2.41. The smallest absolute Gasteiger partial charge is 0.322 e. The summed E-state index contributed by atoms with van der Waals surface area (Å²) in [5.74, 6) is 0. The maximum atomic E-state index is 14.0. The van der Waals surface area contributed by atoms with E-state index >= 15 is 0 Å². The second kappa shape index (κ2) is 15.1. The summed E-state index contributed by atoms with van der Waals surface area (Å²) in [6, 6.07) is 35.9. The summed E-state index contributed by atoms with van der Waals surface area (Å²) in [5.41, 5.74) is 5.46. The molecule has 4 aromatic carbocycles. The molecule has 0 aliphatic heterocycles. The number of benzene rings is 4. The minimum absolute atomic E-state index is 0.0320. The van der Waals surface area contributed by atoms with E-state index in [1.807, 2.05) is 133 Å².